The molecule has 0 saturated heterocycles. The molecule has 1 unspecified atom stereocenters. The minimum atomic E-state index is -0.628. The Morgan fingerprint density at radius 3 is 2.68 bits per heavy atom. The van der Waals surface area contributed by atoms with Crippen molar-refractivity contribution in [3.05, 3.63) is 64.7 Å². The number of carbonyl (C=O) groups excluding carboxylic acids is 1. The summed E-state index contributed by atoms with van der Waals surface area (Å²) in [7, 11) is 0. The van der Waals surface area contributed by atoms with E-state index < -0.39 is 6.10 Å². The molecule has 0 aliphatic rings. The first kappa shape index (κ1) is 15.9. The maximum absolute atomic E-state index is 12.0. The van der Waals surface area contributed by atoms with Crippen molar-refractivity contribution in [1.82, 2.24) is 5.32 Å². The summed E-state index contributed by atoms with van der Waals surface area (Å²) in [6.07, 6.45) is -0.628. The van der Waals surface area contributed by atoms with Gasteiger partial charge in [0.05, 0.1) is 11.6 Å². The van der Waals surface area contributed by atoms with E-state index in [0.29, 0.717) is 22.9 Å². The molecular formula is C17H15ClN2O2. The monoisotopic (exact) mass is 314 g/mol. The van der Waals surface area contributed by atoms with Crippen molar-refractivity contribution in [2.45, 2.75) is 19.6 Å². The molecule has 2 aromatic carbocycles. The predicted octanol–water partition coefficient (Wildman–Crippen LogP) is 3.30. The van der Waals surface area contributed by atoms with Crippen LogP contribution in [0.2, 0.25) is 5.02 Å². The van der Waals surface area contributed by atoms with Crippen LogP contribution in [0, 0.1) is 11.3 Å². The highest BCUT2D eigenvalue weighted by Gasteiger charge is 2.14. The lowest BCUT2D eigenvalue weighted by atomic mass is 10.1. The average Bonchev–Trinajstić information content (AvgIpc) is 2.53. The quantitative estimate of drug-likeness (QED) is 0.921. The van der Waals surface area contributed by atoms with Crippen LogP contribution in [0.25, 0.3) is 0 Å². The van der Waals surface area contributed by atoms with Gasteiger partial charge in [0.25, 0.3) is 5.91 Å². The highest BCUT2D eigenvalue weighted by atomic mass is 35.5. The Morgan fingerprint density at radius 2 is 2.05 bits per heavy atom. The largest absolute Gasteiger partial charge is 0.481 e. The van der Waals surface area contributed by atoms with Gasteiger partial charge in [0, 0.05) is 11.6 Å². The van der Waals surface area contributed by atoms with Gasteiger partial charge in [-0.25, -0.2) is 0 Å². The lowest BCUT2D eigenvalue weighted by Crippen LogP contribution is -2.35. The number of nitriles is 1. The molecule has 0 radical (unpaired) electrons. The number of hydrogen-bond donors (Lipinski definition) is 1. The Hall–Kier alpha value is -2.51. The third-order valence-corrected chi connectivity index (χ3v) is 3.26. The second-order valence-corrected chi connectivity index (χ2v) is 5.18. The Morgan fingerprint density at radius 1 is 1.32 bits per heavy atom. The minimum absolute atomic E-state index is 0.218. The topological polar surface area (TPSA) is 62.1 Å². The summed E-state index contributed by atoms with van der Waals surface area (Å²) in [5.74, 6) is 0.331. The highest BCUT2D eigenvalue weighted by Crippen LogP contribution is 2.18. The van der Waals surface area contributed by atoms with Crippen LogP contribution < -0.4 is 10.1 Å². The summed E-state index contributed by atoms with van der Waals surface area (Å²) < 4.78 is 5.54. The number of nitrogens with zero attached hydrogens (tertiary/aromatic N) is 1. The fraction of sp³-hybridized carbons (Fsp3) is 0.176. The number of ether oxygens (including phenoxy) is 1. The first-order chi connectivity index (χ1) is 10.6. The lowest BCUT2D eigenvalue weighted by molar-refractivity contribution is -0.127. The molecule has 5 heteroatoms. The molecule has 112 valence electrons. The minimum Gasteiger partial charge on any atom is -0.481 e. The lowest BCUT2D eigenvalue weighted by Gasteiger charge is -2.15. The Bertz CT molecular complexity index is 693. The zero-order valence-corrected chi connectivity index (χ0v) is 12.8. The summed E-state index contributed by atoms with van der Waals surface area (Å²) in [5, 5.41) is 12.1. The molecule has 0 heterocycles. The van der Waals surface area contributed by atoms with Crippen molar-refractivity contribution in [2.24, 2.45) is 0 Å². The first-order valence-electron chi connectivity index (χ1n) is 6.77. The third-order valence-electron chi connectivity index (χ3n) is 3.03. The van der Waals surface area contributed by atoms with Crippen molar-refractivity contribution in [3.8, 4) is 11.8 Å². The van der Waals surface area contributed by atoms with Gasteiger partial charge in [-0.05, 0) is 42.8 Å². The van der Waals surface area contributed by atoms with Crippen LogP contribution in [-0.2, 0) is 11.3 Å². The standard InChI is InChI=1S/C17H15ClN2O2/c1-12(22-16-4-2-3-15(18)9-16)17(21)20-11-14-7-5-13(10-19)6-8-14/h2-9,12H,11H2,1H3,(H,20,21). The van der Waals surface area contributed by atoms with E-state index in [1.54, 1.807) is 55.5 Å². The number of carbonyl (C=O) groups is 1. The van der Waals surface area contributed by atoms with E-state index in [2.05, 4.69) is 11.4 Å². The normalized spacial score (nSPS) is 11.3. The van der Waals surface area contributed by atoms with E-state index >= 15 is 0 Å². The van der Waals surface area contributed by atoms with Crippen LogP contribution in [0.3, 0.4) is 0 Å². The van der Waals surface area contributed by atoms with E-state index in [9.17, 15) is 4.79 Å². The molecule has 22 heavy (non-hydrogen) atoms. The van der Waals surface area contributed by atoms with E-state index in [1.165, 1.54) is 0 Å². The number of hydrogen-bond acceptors (Lipinski definition) is 3. The number of nitrogens with one attached hydrogen (secondary N) is 1. The molecule has 1 N–H and O–H groups in total. The fourth-order valence-electron chi connectivity index (χ4n) is 1.83. The van der Waals surface area contributed by atoms with Gasteiger partial charge in [0.1, 0.15) is 5.75 Å². The molecule has 2 aromatic rings. The van der Waals surface area contributed by atoms with Gasteiger partial charge in [-0.2, -0.15) is 5.26 Å². The van der Waals surface area contributed by atoms with E-state index in [1.807, 2.05) is 0 Å². The zero-order chi connectivity index (χ0) is 15.9. The molecular weight excluding hydrogens is 300 g/mol. The average molecular weight is 315 g/mol. The first-order valence-corrected chi connectivity index (χ1v) is 7.15. The number of amides is 1. The maximum Gasteiger partial charge on any atom is 0.261 e. The van der Waals surface area contributed by atoms with E-state index in [4.69, 9.17) is 21.6 Å². The SMILES string of the molecule is CC(Oc1cccc(Cl)c1)C(=O)NCc1ccc(C#N)cc1. The van der Waals surface area contributed by atoms with Crippen molar-refractivity contribution in [2.75, 3.05) is 0 Å². The van der Waals surface area contributed by atoms with Crippen molar-refractivity contribution in [1.29, 1.82) is 5.26 Å². The summed E-state index contributed by atoms with van der Waals surface area (Å²) >= 11 is 5.87. The molecule has 0 bridgehead atoms. The molecule has 0 aromatic heterocycles. The van der Waals surface area contributed by atoms with E-state index in [-0.39, 0.29) is 5.91 Å². The van der Waals surface area contributed by atoms with E-state index in [0.717, 1.165) is 5.56 Å². The maximum atomic E-state index is 12.0. The van der Waals surface area contributed by atoms with Gasteiger partial charge < -0.3 is 10.1 Å². The smallest absolute Gasteiger partial charge is 0.261 e. The van der Waals surface area contributed by atoms with Gasteiger partial charge >= 0.3 is 0 Å². The number of rotatable bonds is 5. The molecule has 0 aliphatic heterocycles. The molecule has 4 nitrogen and oxygen atoms in total. The predicted molar refractivity (Wildman–Crippen MR) is 84.5 cm³/mol. The van der Waals surface area contributed by atoms with Gasteiger partial charge in [0.2, 0.25) is 0 Å². The summed E-state index contributed by atoms with van der Waals surface area (Å²) in [5.41, 5.74) is 1.51. The molecule has 0 spiro atoms. The Kier molecular flexibility index (Phi) is 5.40. The molecule has 0 fully saturated rings. The van der Waals surface area contributed by atoms with Crippen LogP contribution in [0.4, 0.5) is 0 Å². The zero-order valence-electron chi connectivity index (χ0n) is 12.0. The van der Waals surface area contributed by atoms with Gasteiger partial charge in [-0.1, -0.05) is 29.8 Å². The van der Waals surface area contributed by atoms with Crippen molar-refractivity contribution >= 4 is 17.5 Å². The number of halogens is 1. The summed E-state index contributed by atoms with van der Waals surface area (Å²) in [4.78, 5) is 12.0. The Labute approximate surface area is 134 Å². The van der Waals surface area contributed by atoms with Crippen LogP contribution in [-0.4, -0.2) is 12.0 Å². The molecule has 1 atom stereocenters. The molecule has 0 saturated carbocycles. The summed E-state index contributed by atoms with van der Waals surface area (Å²) in [6, 6.07) is 16.0. The van der Waals surface area contributed by atoms with Gasteiger partial charge in [-0.15, -0.1) is 0 Å². The van der Waals surface area contributed by atoms with Crippen LogP contribution in [0.1, 0.15) is 18.1 Å². The van der Waals surface area contributed by atoms with Crippen LogP contribution in [0.5, 0.6) is 5.75 Å². The number of benzene rings is 2. The second kappa shape index (κ2) is 7.48. The van der Waals surface area contributed by atoms with Crippen LogP contribution >= 0.6 is 11.6 Å². The van der Waals surface area contributed by atoms with Gasteiger partial charge in [-0.3, -0.25) is 4.79 Å². The van der Waals surface area contributed by atoms with Crippen molar-refractivity contribution in [3.63, 3.8) is 0 Å². The molecule has 2 rings (SSSR count). The van der Waals surface area contributed by atoms with Gasteiger partial charge in [0.15, 0.2) is 6.10 Å². The second-order valence-electron chi connectivity index (χ2n) is 4.74. The van der Waals surface area contributed by atoms with Crippen LogP contribution in [0.15, 0.2) is 48.5 Å². The fourth-order valence-corrected chi connectivity index (χ4v) is 2.01. The Balaban J connectivity index is 1.87. The molecule has 0 aliphatic carbocycles. The van der Waals surface area contributed by atoms with Crippen molar-refractivity contribution < 1.29 is 9.53 Å². The summed E-state index contributed by atoms with van der Waals surface area (Å²) in [6.45, 7) is 2.06. The third kappa shape index (κ3) is 4.51. The highest BCUT2D eigenvalue weighted by molar-refractivity contribution is 6.30. The molecule has 1 amide bonds.